The van der Waals surface area contributed by atoms with E-state index in [2.05, 4.69) is 13.5 Å². The molecule has 0 fully saturated rings. The molecule has 2 atom stereocenters. The number of carboxylic acid groups (broad SMARTS) is 2. The van der Waals surface area contributed by atoms with Crippen LogP contribution in [-0.2, 0) is 19.1 Å². The molecule has 2 N–H and O–H groups in total. The third-order valence-corrected chi connectivity index (χ3v) is 3.17. The Bertz CT molecular complexity index is 382. The number of carbonyl (C=O) groups is 3. The third kappa shape index (κ3) is 8.72. The average Bonchev–Trinajstić information content (AvgIpc) is 2.37. The van der Waals surface area contributed by atoms with Crippen molar-refractivity contribution in [3.05, 3.63) is 19.6 Å². The number of ether oxygens (including phenoxy) is 1. The predicted octanol–water partition coefficient (Wildman–Crippen LogP) is 1.40. The summed E-state index contributed by atoms with van der Waals surface area (Å²) < 4.78 is 5.12. The van der Waals surface area contributed by atoms with E-state index < -0.39 is 29.4 Å². The van der Waals surface area contributed by atoms with Crippen LogP contribution in [0.5, 0.6) is 0 Å². The molecule has 0 aliphatic rings. The van der Waals surface area contributed by atoms with Crippen molar-refractivity contribution in [1.82, 2.24) is 0 Å². The van der Waals surface area contributed by atoms with Gasteiger partial charge in [0, 0.05) is 12.5 Å². The minimum atomic E-state index is -1.24. The molecule has 6 nitrogen and oxygen atoms in total. The van der Waals surface area contributed by atoms with E-state index in [-0.39, 0.29) is 70.6 Å². The standard InChI is InChI=1S/C14H21O6.K.H/c1-4-12(17)20-14(3,5-2)10(13(18)19)8-6-7-9-11(15)16;;/h4,10H,1-2,5-9H2,3H3,(H,15,16)(H,18,19);;. The van der Waals surface area contributed by atoms with Crippen molar-refractivity contribution in [2.75, 3.05) is 0 Å². The van der Waals surface area contributed by atoms with Gasteiger partial charge in [-0.3, -0.25) is 9.59 Å². The van der Waals surface area contributed by atoms with Crippen molar-refractivity contribution in [2.45, 2.75) is 44.6 Å². The van der Waals surface area contributed by atoms with E-state index in [9.17, 15) is 19.5 Å². The van der Waals surface area contributed by atoms with Crippen LogP contribution in [0.4, 0.5) is 0 Å². The van der Waals surface area contributed by atoms with Crippen LogP contribution in [0.1, 0.15) is 39.0 Å². The Hall–Kier alpha value is -0.214. The van der Waals surface area contributed by atoms with E-state index in [1.54, 1.807) is 0 Å². The Morgan fingerprint density at radius 1 is 1.29 bits per heavy atom. The molecule has 0 bridgehead atoms. The molecular weight excluding hydrogens is 303 g/mol. The first-order chi connectivity index (χ1) is 9.26. The van der Waals surface area contributed by atoms with Gasteiger partial charge >= 0.3 is 69.3 Å². The van der Waals surface area contributed by atoms with Crippen LogP contribution < -0.4 is 0 Å². The van der Waals surface area contributed by atoms with E-state index in [4.69, 9.17) is 9.84 Å². The normalized spacial score (nSPS) is 14.2. The van der Waals surface area contributed by atoms with Gasteiger partial charge in [-0.2, -0.15) is 0 Å². The summed E-state index contributed by atoms with van der Waals surface area (Å²) in [4.78, 5) is 33.0. The zero-order chi connectivity index (χ0) is 15.8. The Morgan fingerprint density at radius 3 is 2.24 bits per heavy atom. The van der Waals surface area contributed by atoms with Crippen LogP contribution in [-0.4, -0.2) is 85.1 Å². The summed E-state index contributed by atoms with van der Waals surface area (Å²) in [5.74, 6) is -3.65. The maximum absolute atomic E-state index is 11.3. The van der Waals surface area contributed by atoms with Crippen LogP contribution in [0.15, 0.2) is 12.7 Å². The van der Waals surface area contributed by atoms with Crippen LogP contribution >= 0.6 is 0 Å². The molecule has 2 unspecified atom stereocenters. The molecule has 0 saturated heterocycles. The van der Waals surface area contributed by atoms with Crippen molar-refractivity contribution >= 4 is 69.3 Å². The van der Waals surface area contributed by atoms with Crippen molar-refractivity contribution in [3.63, 3.8) is 0 Å². The van der Waals surface area contributed by atoms with Crippen LogP contribution in [0.25, 0.3) is 0 Å². The Morgan fingerprint density at radius 2 is 1.86 bits per heavy atom. The first kappa shape index (κ1) is 23.1. The molecule has 0 rings (SSSR count). The van der Waals surface area contributed by atoms with Crippen molar-refractivity contribution in [2.24, 2.45) is 5.92 Å². The topological polar surface area (TPSA) is 101 Å². The van der Waals surface area contributed by atoms with Gasteiger partial charge < -0.3 is 14.9 Å². The van der Waals surface area contributed by atoms with Gasteiger partial charge in [0.1, 0.15) is 5.60 Å². The fourth-order valence-electron chi connectivity index (χ4n) is 1.88. The summed E-state index contributed by atoms with van der Waals surface area (Å²) >= 11 is 0. The van der Waals surface area contributed by atoms with E-state index in [0.29, 0.717) is 12.8 Å². The summed E-state index contributed by atoms with van der Waals surface area (Å²) in [5, 5.41) is 17.8. The second kappa shape index (κ2) is 11.4. The molecule has 1 radical (unpaired) electrons. The molecule has 0 heterocycles. The number of hydrogen-bond donors (Lipinski definition) is 2. The molecule has 21 heavy (non-hydrogen) atoms. The van der Waals surface area contributed by atoms with E-state index >= 15 is 0 Å². The zero-order valence-corrected chi connectivity index (χ0v) is 11.6. The summed E-state index contributed by atoms with van der Waals surface area (Å²) in [7, 11) is 0. The molecule has 0 saturated carbocycles. The second-order valence-electron chi connectivity index (χ2n) is 4.72. The average molecular weight is 325 g/mol. The molecule has 0 aliphatic heterocycles. The number of unbranched alkanes of at least 4 members (excludes halogenated alkanes) is 1. The number of rotatable bonds is 10. The fraction of sp³-hybridized carbons (Fsp3) is 0.571. The molecule has 0 amide bonds. The molecule has 0 aromatic rings. The first-order valence-corrected chi connectivity index (χ1v) is 6.36. The fourth-order valence-corrected chi connectivity index (χ4v) is 1.88. The van der Waals surface area contributed by atoms with Crippen LogP contribution in [0.2, 0.25) is 0 Å². The van der Waals surface area contributed by atoms with Gasteiger partial charge in [-0.1, -0.05) is 13.0 Å². The molecule has 7 heteroatoms. The number of carboxylic acids is 2. The number of hydrogen-bond acceptors (Lipinski definition) is 4. The molecule has 115 valence electrons. The van der Waals surface area contributed by atoms with Gasteiger partial charge in [0.05, 0.1) is 5.92 Å². The summed E-state index contributed by atoms with van der Waals surface area (Å²) in [5.41, 5.74) is -1.24. The molecule has 0 aromatic heterocycles. The van der Waals surface area contributed by atoms with Crippen molar-refractivity contribution in [1.29, 1.82) is 0 Å². The summed E-state index contributed by atoms with van der Waals surface area (Å²) in [6, 6.07) is 0. The van der Waals surface area contributed by atoms with Crippen molar-refractivity contribution in [3.8, 4) is 0 Å². The van der Waals surface area contributed by atoms with Gasteiger partial charge in [0.2, 0.25) is 0 Å². The van der Waals surface area contributed by atoms with Crippen LogP contribution in [0.3, 0.4) is 0 Å². The Balaban J connectivity index is 0. The molecule has 0 aliphatic carbocycles. The molecular formula is C14H22KO6. The number of esters is 1. The Labute approximate surface area is 167 Å². The van der Waals surface area contributed by atoms with Gasteiger partial charge in [-0.25, -0.2) is 4.79 Å². The number of aliphatic carboxylic acids is 2. The van der Waals surface area contributed by atoms with Gasteiger partial charge in [0.15, 0.2) is 0 Å². The van der Waals surface area contributed by atoms with E-state index in [1.807, 2.05) is 0 Å². The number of carbonyl (C=O) groups excluding carboxylic acids is 1. The third-order valence-electron chi connectivity index (χ3n) is 3.17. The predicted molar refractivity (Wildman–Crippen MR) is 79.0 cm³/mol. The van der Waals surface area contributed by atoms with E-state index in [0.717, 1.165) is 6.08 Å². The van der Waals surface area contributed by atoms with Gasteiger partial charge in [-0.05, 0) is 33.1 Å². The summed E-state index contributed by atoms with van der Waals surface area (Å²) in [6.45, 7) is 8.42. The summed E-state index contributed by atoms with van der Waals surface area (Å²) in [6.07, 6.45) is 2.07. The monoisotopic (exact) mass is 325 g/mol. The zero-order valence-electron chi connectivity index (χ0n) is 11.6. The maximum atomic E-state index is 11.3. The quantitative estimate of drug-likeness (QED) is 0.272. The van der Waals surface area contributed by atoms with Gasteiger partial charge in [-0.15, -0.1) is 0 Å². The van der Waals surface area contributed by atoms with E-state index in [1.165, 1.54) is 6.92 Å². The van der Waals surface area contributed by atoms with Crippen LogP contribution in [0, 0.1) is 12.8 Å². The van der Waals surface area contributed by atoms with Gasteiger partial charge in [0.25, 0.3) is 0 Å². The SMILES string of the molecule is [CH2]CC(C)(OC(=O)C=C)C(CCCCC(=O)O)C(=O)O.[KH]. The first-order valence-electron chi connectivity index (χ1n) is 6.36. The second-order valence-corrected chi connectivity index (χ2v) is 4.72. The van der Waals surface area contributed by atoms with Crippen molar-refractivity contribution < 1.29 is 29.3 Å². The minimum absolute atomic E-state index is 0. The Kier molecular flexibility index (Phi) is 12.5. The molecule has 0 aromatic carbocycles. The molecule has 0 spiro atoms.